The smallest absolute Gasteiger partial charge is 0.0543 e. The molecule has 7 aliphatic rings. The summed E-state index contributed by atoms with van der Waals surface area (Å²) in [6.07, 6.45) is 6.95. The van der Waals surface area contributed by atoms with Gasteiger partial charge in [0.1, 0.15) is 0 Å². The van der Waals surface area contributed by atoms with E-state index in [0.29, 0.717) is 11.8 Å². The molecule has 310 valence electrons. The summed E-state index contributed by atoms with van der Waals surface area (Å²) in [6, 6.07) is 70.2. The fraction of sp³-hybridized carbons (Fsp3) is 0.238. The van der Waals surface area contributed by atoms with Crippen LogP contribution in [0.5, 0.6) is 0 Å². The van der Waals surface area contributed by atoms with Crippen molar-refractivity contribution in [3.8, 4) is 44.5 Å². The van der Waals surface area contributed by atoms with E-state index in [2.05, 4.69) is 208 Å². The molecule has 1 unspecified atom stereocenters. The van der Waals surface area contributed by atoms with Crippen LogP contribution in [0, 0.1) is 23.7 Å². The van der Waals surface area contributed by atoms with Crippen LogP contribution in [0.25, 0.3) is 44.5 Å². The average molecular weight is 824 g/mol. The van der Waals surface area contributed by atoms with Gasteiger partial charge in [0, 0.05) is 33.2 Å². The Balaban J connectivity index is 1.02. The van der Waals surface area contributed by atoms with Crippen molar-refractivity contribution in [3.05, 3.63) is 221 Å². The van der Waals surface area contributed by atoms with Gasteiger partial charge in [0.2, 0.25) is 0 Å². The van der Waals surface area contributed by atoms with Crippen molar-refractivity contribution in [2.45, 2.75) is 69.1 Å². The van der Waals surface area contributed by atoms with Gasteiger partial charge in [0.15, 0.2) is 0 Å². The SMILES string of the molecule is CC1(C)c2ccccc2-c2cccc(-c3cccc(N(c4ccc5c(c4)C4(c6ccccc6-5)C5CC6CC(C5)CC4C6)c4cccc5c4-c4ccccc4C5(C)c4ccccc4)c3)c21. The van der Waals surface area contributed by atoms with E-state index in [-0.39, 0.29) is 16.2 Å². The second kappa shape index (κ2) is 13.1. The summed E-state index contributed by atoms with van der Waals surface area (Å²) in [6.45, 7) is 7.27. The summed E-state index contributed by atoms with van der Waals surface area (Å²) < 4.78 is 0. The van der Waals surface area contributed by atoms with Crippen LogP contribution in [0.4, 0.5) is 17.1 Å². The van der Waals surface area contributed by atoms with Gasteiger partial charge >= 0.3 is 0 Å². The van der Waals surface area contributed by atoms with Crippen LogP contribution in [0.2, 0.25) is 0 Å². The van der Waals surface area contributed by atoms with E-state index in [1.54, 1.807) is 11.1 Å². The topological polar surface area (TPSA) is 3.24 Å². The molecule has 1 atom stereocenters. The van der Waals surface area contributed by atoms with Crippen LogP contribution in [-0.4, -0.2) is 0 Å². The number of anilines is 3. The highest BCUT2D eigenvalue weighted by Crippen LogP contribution is 2.70. The van der Waals surface area contributed by atoms with E-state index in [1.165, 1.54) is 121 Å². The predicted molar refractivity (Wildman–Crippen MR) is 265 cm³/mol. The number of fused-ring (bicyclic) bond motifs is 9. The Hall–Kier alpha value is -6.44. The molecule has 0 N–H and O–H groups in total. The fourth-order valence-electron chi connectivity index (χ4n) is 15.4. The lowest BCUT2D eigenvalue weighted by Crippen LogP contribution is -2.55. The Bertz CT molecular complexity index is 3210. The standard InChI is InChI=1S/C63H53N/c1-61(2)53-25-10-7-21-49(53)51-24-14-23-47(60(51)61)41-16-13-19-45(37-41)64(58-29-15-28-56-59(58)52-22-9-11-26-54(52)62(56,3)42-17-5-4-6-18-42)46-30-31-50-48-20-8-12-27-55(48)63(57(50)38-46)43-33-39-32-40(35-43)36-44(63)34-39/h4-31,37-40,43-44H,32-36H2,1-3H3. The fourth-order valence-corrected chi connectivity index (χ4v) is 15.4. The first-order valence-electron chi connectivity index (χ1n) is 24.0. The van der Waals surface area contributed by atoms with Crippen LogP contribution in [-0.2, 0) is 16.2 Å². The Morgan fingerprint density at radius 1 is 0.406 bits per heavy atom. The normalized spacial score (nSPS) is 25.4. The zero-order valence-corrected chi connectivity index (χ0v) is 37.1. The van der Waals surface area contributed by atoms with E-state index < -0.39 is 0 Å². The summed E-state index contributed by atoms with van der Waals surface area (Å²) in [7, 11) is 0. The van der Waals surface area contributed by atoms with Gasteiger partial charge in [-0.25, -0.2) is 0 Å². The first-order chi connectivity index (χ1) is 31.3. The van der Waals surface area contributed by atoms with Gasteiger partial charge in [-0.1, -0.05) is 166 Å². The molecule has 64 heavy (non-hydrogen) atoms. The van der Waals surface area contributed by atoms with Crippen LogP contribution in [0.3, 0.4) is 0 Å². The molecule has 0 radical (unpaired) electrons. The minimum absolute atomic E-state index is 0.0746. The highest BCUT2D eigenvalue weighted by atomic mass is 15.1. The van der Waals surface area contributed by atoms with Gasteiger partial charge in [-0.2, -0.15) is 0 Å². The molecule has 4 fully saturated rings. The number of benzene rings is 8. The lowest BCUT2D eigenvalue weighted by atomic mass is 9.43. The Morgan fingerprint density at radius 3 is 1.73 bits per heavy atom. The van der Waals surface area contributed by atoms with Crippen LogP contribution in [0.1, 0.15) is 91.8 Å². The minimum Gasteiger partial charge on any atom is -0.310 e. The third kappa shape index (κ3) is 4.70. The van der Waals surface area contributed by atoms with Crippen molar-refractivity contribution >= 4 is 17.1 Å². The molecule has 0 amide bonds. The van der Waals surface area contributed by atoms with Crippen LogP contribution < -0.4 is 4.90 Å². The van der Waals surface area contributed by atoms with Gasteiger partial charge in [-0.15, -0.1) is 0 Å². The molecule has 1 spiro atoms. The Labute approximate surface area is 378 Å². The molecule has 15 rings (SSSR count). The quantitative estimate of drug-likeness (QED) is 0.167. The molecule has 7 aliphatic carbocycles. The van der Waals surface area contributed by atoms with E-state index in [1.807, 2.05) is 0 Å². The molecule has 8 aromatic carbocycles. The molecule has 0 aliphatic heterocycles. The van der Waals surface area contributed by atoms with E-state index >= 15 is 0 Å². The highest BCUT2D eigenvalue weighted by molar-refractivity contribution is 5.98. The lowest BCUT2D eigenvalue weighted by Gasteiger charge is -2.61. The Morgan fingerprint density at radius 2 is 0.969 bits per heavy atom. The number of hydrogen-bond acceptors (Lipinski definition) is 1. The second-order valence-corrected chi connectivity index (χ2v) is 21.0. The summed E-state index contributed by atoms with van der Waals surface area (Å²) in [5, 5.41) is 0. The Kier molecular flexibility index (Phi) is 7.56. The molecule has 4 bridgehead atoms. The predicted octanol–water partition coefficient (Wildman–Crippen LogP) is 16.2. The van der Waals surface area contributed by atoms with Crippen molar-refractivity contribution in [1.82, 2.24) is 0 Å². The van der Waals surface area contributed by atoms with Gasteiger partial charge in [0.05, 0.1) is 5.69 Å². The molecule has 0 aromatic heterocycles. The van der Waals surface area contributed by atoms with Gasteiger partial charge in [-0.05, 0) is 171 Å². The summed E-state index contributed by atoms with van der Waals surface area (Å²) in [5.41, 5.74) is 24.3. The van der Waals surface area contributed by atoms with Crippen molar-refractivity contribution in [1.29, 1.82) is 0 Å². The summed E-state index contributed by atoms with van der Waals surface area (Å²) >= 11 is 0. The van der Waals surface area contributed by atoms with E-state index in [9.17, 15) is 0 Å². The second-order valence-electron chi connectivity index (χ2n) is 21.0. The van der Waals surface area contributed by atoms with Crippen molar-refractivity contribution in [3.63, 3.8) is 0 Å². The van der Waals surface area contributed by atoms with Crippen molar-refractivity contribution in [2.75, 3.05) is 4.90 Å². The van der Waals surface area contributed by atoms with Crippen LogP contribution >= 0.6 is 0 Å². The molecule has 1 nitrogen and oxygen atoms in total. The average Bonchev–Trinajstić information content (AvgIpc) is 3.87. The first-order valence-corrected chi connectivity index (χ1v) is 24.0. The van der Waals surface area contributed by atoms with E-state index in [0.717, 1.165) is 11.8 Å². The lowest BCUT2D eigenvalue weighted by molar-refractivity contribution is -0.0399. The zero-order chi connectivity index (χ0) is 42.5. The van der Waals surface area contributed by atoms with Gasteiger partial charge in [-0.3, -0.25) is 0 Å². The number of hydrogen-bond donors (Lipinski definition) is 0. The highest BCUT2D eigenvalue weighted by Gasteiger charge is 2.61. The molecule has 4 saturated carbocycles. The third-order valence-corrected chi connectivity index (χ3v) is 17.7. The molecular formula is C63H53N. The van der Waals surface area contributed by atoms with Crippen molar-refractivity contribution in [2.24, 2.45) is 23.7 Å². The maximum atomic E-state index is 2.68. The molecule has 0 saturated heterocycles. The maximum absolute atomic E-state index is 2.68. The molecule has 1 heteroatoms. The number of rotatable bonds is 5. The first kappa shape index (κ1) is 37.0. The minimum atomic E-state index is -0.300. The number of nitrogens with zero attached hydrogens (tertiary/aromatic N) is 1. The maximum Gasteiger partial charge on any atom is 0.0543 e. The zero-order valence-electron chi connectivity index (χ0n) is 37.1. The van der Waals surface area contributed by atoms with Crippen LogP contribution in [0.15, 0.2) is 182 Å². The van der Waals surface area contributed by atoms with Gasteiger partial charge < -0.3 is 4.90 Å². The van der Waals surface area contributed by atoms with Crippen molar-refractivity contribution < 1.29 is 0 Å². The summed E-state index contributed by atoms with van der Waals surface area (Å²) in [5.74, 6) is 3.19. The largest absolute Gasteiger partial charge is 0.310 e. The van der Waals surface area contributed by atoms with Gasteiger partial charge in [0.25, 0.3) is 0 Å². The molecule has 0 heterocycles. The third-order valence-electron chi connectivity index (χ3n) is 17.7. The van der Waals surface area contributed by atoms with E-state index in [4.69, 9.17) is 0 Å². The molecular weight excluding hydrogens is 771 g/mol. The molecule has 8 aromatic rings. The monoisotopic (exact) mass is 823 g/mol. The summed E-state index contributed by atoms with van der Waals surface area (Å²) in [4.78, 5) is 2.64.